The van der Waals surface area contributed by atoms with Crippen molar-refractivity contribution in [2.45, 2.75) is 58.7 Å². The largest absolute Gasteiger partial charge is 0.311 e. The highest BCUT2D eigenvalue weighted by Crippen LogP contribution is 2.14. The van der Waals surface area contributed by atoms with E-state index in [9.17, 15) is 0 Å². The third kappa shape index (κ3) is 4.29. The highest BCUT2D eigenvalue weighted by molar-refractivity contribution is 5.21. The molecule has 1 saturated heterocycles. The molecule has 19 heavy (non-hydrogen) atoms. The topological polar surface area (TPSA) is 28.2 Å². The zero-order chi connectivity index (χ0) is 13.7. The number of aryl methyl sites for hydroxylation is 1. The van der Waals surface area contributed by atoms with E-state index in [1.54, 1.807) is 0 Å². The van der Waals surface area contributed by atoms with Gasteiger partial charge >= 0.3 is 0 Å². The fourth-order valence-corrected chi connectivity index (χ4v) is 2.78. The lowest BCUT2D eigenvalue weighted by molar-refractivity contribution is 0.205. The Morgan fingerprint density at radius 3 is 2.89 bits per heavy atom. The van der Waals surface area contributed by atoms with Crippen molar-refractivity contribution in [3.8, 4) is 0 Å². The van der Waals surface area contributed by atoms with E-state index >= 15 is 0 Å². The monoisotopic (exact) mass is 261 g/mol. The van der Waals surface area contributed by atoms with Crippen molar-refractivity contribution in [2.24, 2.45) is 0 Å². The summed E-state index contributed by atoms with van der Waals surface area (Å²) >= 11 is 0. The van der Waals surface area contributed by atoms with Gasteiger partial charge in [-0.15, -0.1) is 0 Å². The first-order chi connectivity index (χ1) is 9.19. The average Bonchev–Trinajstić information content (AvgIpc) is 2.40. The van der Waals surface area contributed by atoms with E-state index in [4.69, 9.17) is 0 Å². The van der Waals surface area contributed by atoms with Crippen LogP contribution in [0.3, 0.4) is 0 Å². The van der Waals surface area contributed by atoms with Crippen LogP contribution < -0.4 is 5.32 Å². The molecule has 106 valence electrons. The molecule has 0 aliphatic carbocycles. The van der Waals surface area contributed by atoms with Gasteiger partial charge in [0.15, 0.2) is 0 Å². The summed E-state index contributed by atoms with van der Waals surface area (Å²) in [5, 5.41) is 3.73. The van der Waals surface area contributed by atoms with Gasteiger partial charge in [-0.3, -0.25) is 9.88 Å². The molecule has 3 heteroatoms. The first kappa shape index (κ1) is 14.5. The van der Waals surface area contributed by atoms with Crippen LogP contribution in [-0.4, -0.2) is 35.1 Å². The molecule has 2 heterocycles. The van der Waals surface area contributed by atoms with Crippen molar-refractivity contribution < 1.29 is 0 Å². The number of rotatable bonds is 3. The van der Waals surface area contributed by atoms with E-state index in [0.29, 0.717) is 12.1 Å². The van der Waals surface area contributed by atoms with Crippen LogP contribution in [0.2, 0.25) is 0 Å². The maximum absolute atomic E-state index is 4.26. The number of aromatic nitrogens is 1. The molecule has 0 radical (unpaired) electrons. The minimum absolute atomic E-state index is 0.628. The maximum Gasteiger partial charge on any atom is 0.0315 e. The van der Waals surface area contributed by atoms with E-state index in [1.165, 1.54) is 43.5 Å². The van der Waals surface area contributed by atoms with Crippen molar-refractivity contribution in [1.82, 2.24) is 15.2 Å². The molecule has 1 aromatic heterocycles. The second-order valence-corrected chi connectivity index (χ2v) is 5.83. The van der Waals surface area contributed by atoms with Crippen molar-refractivity contribution in [3.05, 3.63) is 29.6 Å². The quantitative estimate of drug-likeness (QED) is 0.907. The molecule has 3 nitrogen and oxygen atoms in total. The number of hydrogen-bond donors (Lipinski definition) is 1. The summed E-state index contributed by atoms with van der Waals surface area (Å²) in [4.78, 5) is 6.85. The Balaban J connectivity index is 1.97. The van der Waals surface area contributed by atoms with Gasteiger partial charge in [-0.1, -0.05) is 6.92 Å². The minimum Gasteiger partial charge on any atom is -0.311 e. The molecule has 2 atom stereocenters. The second kappa shape index (κ2) is 7.01. The van der Waals surface area contributed by atoms with Gasteiger partial charge in [0.2, 0.25) is 0 Å². The molecule has 0 spiro atoms. The summed E-state index contributed by atoms with van der Waals surface area (Å²) in [6.45, 7) is 10.2. The first-order valence-corrected chi connectivity index (χ1v) is 7.57. The summed E-state index contributed by atoms with van der Waals surface area (Å²) in [7, 11) is 0. The molecule has 1 N–H and O–H groups in total. The van der Waals surface area contributed by atoms with Gasteiger partial charge in [0.1, 0.15) is 0 Å². The van der Waals surface area contributed by atoms with Gasteiger partial charge in [0.25, 0.3) is 0 Å². The first-order valence-electron chi connectivity index (χ1n) is 7.57. The Hall–Kier alpha value is -0.930. The highest BCUT2D eigenvalue weighted by Gasteiger charge is 2.18. The zero-order valence-corrected chi connectivity index (χ0v) is 12.5. The molecular weight excluding hydrogens is 234 g/mol. The summed E-state index contributed by atoms with van der Waals surface area (Å²) < 4.78 is 0. The average molecular weight is 261 g/mol. The molecule has 1 aromatic rings. The lowest BCUT2D eigenvalue weighted by Crippen LogP contribution is -2.43. The maximum atomic E-state index is 4.26. The summed E-state index contributed by atoms with van der Waals surface area (Å²) in [6, 6.07) is 3.41. The molecule has 0 amide bonds. The van der Waals surface area contributed by atoms with Gasteiger partial charge in [-0.25, -0.2) is 0 Å². The lowest BCUT2D eigenvalue weighted by Gasteiger charge is -2.32. The molecular formula is C16H27N3. The molecule has 2 unspecified atom stereocenters. The Kier molecular flexibility index (Phi) is 5.34. The third-order valence-corrected chi connectivity index (χ3v) is 4.23. The van der Waals surface area contributed by atoms with Crippen molar-refractivity contribution in [3.63, 3.8) is 0 Å². The minimum atomic E-state index is 0.628. The van der Waals surface area contributed by atoms with Crippen molar-refractivity contribution >= 4 is 0 Å². The summed E-state index contributed by atoms with van der Waals surface area (Å²) in [6.07, 6.45) is 7.61. The zero-order valence-electron chi connectivity index (χ0n) is 12.5. The van der Waals surface area contributed by atoms with Gasteiger partial charge in [-0.05, 0) is 63.4 Å². The Morgan fingerprint density at radius 1 is 1.37 bits per heavy atom. The van der Waals surface area contributed by atoms with Crippen LogP contribution in [-0.2, 0) is 6.54 Å². The van der Waals surface area contributed by atoms with Crippen LogP contribution >= 0.6 is 0 Å². The molecule has 1 fully saturated rings. The van der Waals surface area contributed by atoms with Crippen LogP contribution in [0.15, 0.2) is 18.5 Å². The van der Waals surface area contributed by atoms with Crippen molar-refractivity contribution in [2.75, 3.05) is 13.1 Å². The van der Waals surface area contributed by atoms with Crippen LogP contribution in [0.5, 0.6) is 0 Å². The number of nitrogens with one attached hydrogen (secondary N) is 1. The lowest BCUT2D eigenvalue weighted by atomic mass is 10.0. The van der Waals surface area contributed by atoms with Crippen molar-refractivity contribution in [1.29, 1.82) is 0 Å². The third-order valence-electron chi connectivity index (χ3n) is 4.23. The fourth-order valence-electron chi connectivity index (χ4n) is 2.78. The van der Waals surface area contributed by atoms with Crippen LogP contribution in [0, 0.1) is 6.92 Å². The van der Waals surface area contributed by atoms with E-state index in [-0.39, 0.29) is 0 Å². The molecule has 0 aromatic carbocycles. The Bertz CT molecular complexity index is 391. The van der Waals surface area contributed by atoms with Gasteiger partial charge in [0, 0.05) is 31.0 Å². The van der Waals surface area contributed by atoms with Gasteiger partial charge < -0.3 is 5.32 Å². The summed E-state index contributed by atoms with van der Waals surface area (Å²) in [5.41, 5.74) is 2.73. The van der Waals surface area contributed by atoms with E-state index in [1.807, 2.05) is 12.4 Å². The second-order valence-electron chi connectivity index (χ2n) is 5.83. The summed E-state index contributed by atoms with van der Waals surface area (Å²) in [5.74, 6) is 0. The molecule has 2 rings (SSSR count). The molecule has 1 aliphatic rings. The molecule has 1 aliphatic heterocycles. The molecule has 0 bridgehead atoms. The Morgan fingerprint density at radius 2 is 2.16 bits per heavy atom. The predicted molar refractivity (Wildman–Crippen MR) is 80.2 cm³/mol. The Labute approximate surface area is 117 Å². The normalized spacial score (nSPS) is 25.8. The van der Waals surface area contributed by atoms with Gasteiger partial charge in [-0.2, -0.15) is 0 Å². The van der Waals surface area contributed by atoms with E-state index in [2.05, 4.69) is 42.0 Å². The van der Waals surface area contributed by atoms with Crippen LogP contribution in [0.4, 0.5) is 0 Å². The fraction of sp³-hybridized carbons (Fsp3) is 0.688. The van der Waals surface area contributed by atoms with E-state index < -0.39 is 0 Å². The molecule has 0 saturated carbocycles. The van der Waals surface area contributed by atoms with E-state index in [0.717, 1.165) is 6.54 Å². The SMILES string of the molecule is CCC1CCN(Cc2cnccc2C)CCC(C)N1. The highest BCUT2D eigenvalue weighted by atomic mass is 15.1. The number of pyridine rings is 1. The number of hydrogen-bond acceptors (Lipinski definition) is 3. The number of nitrogens with zero attached hydrogens (tertiary/aromatic N) is 2. The van der Waals surface area contributed by atoms with Crippen LogP contribution in [0.1, 0.15) is 44.2 Å². The smallest absolute Gasteiger partial charge is 0.0315 e. The van der Waals surface area contributed by atoms with Crippen LogP contribution in [0.25, 0.3) is 0 Å². The predicted octanol–water partition coefficient (Wildman–Crippen LogP) is 2.74. The van der Waals surface area contributed by atoms with Gasteiger partial charge in [0.05, 0.1) is 0 Å². The standard InChI is InChI=1S/C16H27N3/c1-4-16-7-10-19(9-6-14(3)18-16)12-15-11-17-8-5-13(15)2/h5,8,11,14,16,18H,4,6-7,9-10,12H2,1-3H3.